The topological polar surface area (TPSA) is 105 Å². The Morgan fingerprint density at radius 2 is 1.87 bits per heavy atom. The van der Waals surface area contributed by atoms with Crippen LogP contribution in [0.4, 0.5) is 14.6 Å². The molecule has 0 spiro atoms. The number of piperidine rings is 1. The van der Waals surface area contributed by atoms with Gasteiger partial charge in [0.2, 0.25) is 5.91 Å². The molecule has 0 saturated carbocycles. The average Bonchev–Trinajstić information content (AvgIpc) is 3.22. The molecule has 0 radical (unpaired) electrons. The first-order valence-corrected chi connectivity index (χ1v) is 10.0. The number of carbonyl (C=O) groups is 2. The molecule has 1 aromatic heterocycles. The highest BCUT2D eigenvalue weighted by Crippen LogP contribution is 2.34. The van der Waals surface area contributed by atoms with Crippen LogP contribution in [0.15, 0.2) is 35.7 Å². The number of amides is 2. The lowest BCUT2D eigenvalue weighted by atomic mass is 9.85. The summed E-state index contributed by atoms with van der Waals surface area (Å²) in [6, 6.07) is 4.29. The number of anilines is 1. The molecule has 0 bridgehead atoms. The van der Waals surface area contributed by atoms with Crippen molar-refractivity contribution in [1.29, 1.82) is 0 Å². The van der Waals surface area contributed by atoms with Gasteiger partial charge >= 0.3 is 0 Å². The van der Waals surface area contributed by atoms with E-state index in [0.717, 1.165) is 6.07 Å². The average molecular weight is 428 g/mol. The predicted molar refractivity (Wildman–Crippen MR) is 109 cm³/mol. The second-order valence-electron chi connectivity index (χ2n) is 7.88. The zero-order valence-electron chi connectivity index (χ0n) is 16.9. The van der Waals surface area contributed by atoms with E-state index in [1.54, 1.807) is 6.21 Å². The molecule has 2 aromatic rings. The van der Waals surface area contributed by atoms with Gasteiger partial charge in [-0.3, -0.25) is 9.59 Å². The number of primary amides is 1. The molecule has 8 nitrogen and oxygen atoms in total. The number of rotatable bonds is 4. The number of benzene rings is 1. The number of nitrogens with two attached hydrogens (primary N) is 1. The van der Waals surface area contributed by atoms with E-state index in [4.69, 9.17) is 5.73 Å². The first-order chi connectivity index (χ1) is 14.8. The molecule has 0 unspecified atom stereocenters. The van der Waals surface area contributed by atoms with Gasteiger partial charge in [0.1, 0.15) is 29.5 Å². The number of aromatic nitrogens is 2. The van der Waals surface area contributed by atoms with Crippen molar-refractivity contribution < 1.29 is 18.4 Å². The Morgan fingerprint density at radius 3 is 2.55 bits per heavy atom. The first-order valence-electron chi connectivity index (χ1n) is 10.0. The number of carbonyl (C=O) groups excluding carboxylic acids is 2. The Labute approximate surface area is 177 Å². The lowest BCUT2D eigenvalue weighted by Crippen LogP contribution is -2.46. The van der Waals surface area contributed by atoms with Crippen molar-refractivity contribution in [2.24, 2.45) is 22.7 Å². The summed E-state index contributed by atoms with van der Waals surface area (Å²) >= 11 is 0. The van der Waals surface area contributed by atoms with Gasteiger partial charge in [0.15, 0.2) is 0 Å². The van der Waals surface area contributed by atoms with Crippen molar-refractivity contribution in [3.05, 3.63) is 53.5 Å². The van der Waals surface area contributed by atoms with E-state index in [-0.39, 0.29) is 23.4 Å². The van der Waals surface area contributed by atoms with Crippen molar-refractivity contribution in [1.82, 2.24) is 15.0 Å². The van der Waals surface area contributed by atoms with Crippen LogP contribution >= 0.6 is 0 Å². The molecule has 4 rings (SSSR count). The Kier molecular flexibility index (Phi) is 5.62. The van der Waals surface area contributed by atoms with Gasteiger partial charge < -0.3 is 10.6 Å². The van der Waals surface area contributed by atoms with Crippen molar-refractivity contribution >= 4 is 23.8 Å². The fraction of sp³-hybridized carbons (Fsp3) is 0.381. The zero-order valence-corrected chi connectivity index (χ0v) is 16.9. The molecule has 2 amide bonds. The Morgan fingerprint density at radius 1 is 1.13 bits per heavy atom. The maximum absolute atomic E-state index is 13.7. The SMILES string of the molecule is C[C@H]1CN(c2cc(C(N)=O)ncn2)CC[C@@H]1C(=O)N1N=CC[C@H]1c1cc(F)cc(F)c1. The van der Waals surface area contributed by atoms with Crippen LogP contribution in [-0.4, -0.2) is 46.1 Å². The summed E-state index contributed by atoms with van der Waals surface area (Å²) in [5.74, 6) is -1.93. The molecule has 1 fully saturated rings. The summed E-state index contributed by atoms with van der Waals surface area (Å²) in [6.07, 6.45) is 3.83. The second kappa shape index (κ2) is 8.37. The van der Waals surface area contributed by atoms with Gasteiger partial charge in [-0.1, -0.05) is 6.92 Å². The van der Waals surface area contributed by atoms with Crippen molar-refractivity contribution in [2.45, 2.75) is 25.8 Å². The fourth-order valence-electron chi connectivity index (χ4n) is 4.22. The van der Waals surface area contributed by atoms with Crippen LogP contribution in [0.1, 0.15) is 41.9 Å². The lowest BCUT2D eigenvalue weighted by Gasteiger charge is -2.38. The summed E-state index contributed by atoms with van der Waals surface area (Å²) in [4.78, 5) is 34.7. The molecule has 2 N–H and O–H groups in total. The molecule has 3 heterocycles. The Hall–Kier alpha value is -3.43. The number of halogens is 2. The third-order valence-electron chi connectivity index (χ3n) is 5.78. The van der Waals surface area contributed by atoms with Gasteiger partial charge in [-0.15, -0.1) is 0 Å². The predicted octanol–water partition coefficient (Wildman–Crippen LogP) is 2.28. The molecule has 31 heavy (non-hydrogen) atoms. The second-order valence-corrected chi connectivity index (χ2v) is 7.88. The standard InChI is InChI=1S/C21H22F2N6O2/c1-12-10-28(19-9-17(20(24)30)25-11-26-19)5-3-16(12)21(31)29-18(2-4-27-29)13-6-14(22)8-15(23)7-13/h4,6-9,11-12,16,18H,2-3,5,10H2,1H3,(H2,24,30)/t12-,16-,18-/m0/s1. The molecular formula is C21H22F2N6O2. The summed E-state index contributed by atoms with van der Waals surface area (Å²) in [5, 5.41) is 5.55. The minimum Gasteiger partial charge on any atom is -0.364 e. The van der Waals surface area contributed by atoms with E-state index in [1.807, 2.05) is 11.8 Å². The quantitative estimate of drug-likeness (QED) is 0.805. The number of hydrogen-bond acceptors (Lipinski definition) is 6. The molecule has 2 aliphatic rings. The molecule has 162 valence electrons. The number of nitrogens with zero attached hydrogens (tertiary/aromatic N) is 5. The van der Waals surface area contributed by atoms with Gasteiger partial charge in [-0.25, -0.2) is 23.8 Å². The highest BCUT2D eigenvalue weighted by molar-refractivity contribution is 5.91. The van der Waals surface area contributed by atoms with Crippen LogP contribution in [0, 0.1) is 23.5 Å². The monoisotopic (exact) mass is 428 g/mol. The molecule has 1 aromatic carbocycles. The first kappa shape index (κ1) is 20.8. The minimum atomic E-state index is -0.684. The van der Waals surface area contributed by atoms with E-state index >= 15 is 0 Å². The highest BCUT2D eigenvalue weighted by Gasteiger charge is 2.38. The van der Waals surface area contributed by atoms with Crippen molar-refractivity contribution in [3.8, 4) is 0 Å². The summed E-state index contributed by atoms with van der Waals surface area (Å²) in [6.45, 7) is 3.05. The van der Waals surface area contributed by atoms with Crippen molar-refractivity contribution in [3.63, 3.8) is 0 Å². The van der Waals surface area contributed by atoms with Crippen LogP contribution in [-0.2, 0) is 4.79 Å². The Balaban J connectivity index is 1.48. The van der Waals surface area contributed by atoms with Crippen LogP contribution in [0.2, 0.25) is 0 Å². The molecule has 0 aliphatic carbocycles. The molecule has 3 atom stereocenters. The summed E-state index contributed by atoms with van der Waals surface area (Å²) < 4.78 is 27.4. The smallest absolute Gasteiger partial charge is 0.267 e. The minimum absolute atomic E-state index is 0.0334. The van der Waals surface area contributed by atoms with Gasteiger partial charge in [0.25, 0.3) is 5.91 Å². The Bertz CT molecular complexity index is 1030. The van der Waals surface area contributed by atoms with Gasteiger partial charge in [0, 0.05) is 43.8 Å². The number of hydrogen-bond donors (Lipinski definition) is 1. The van der Waals surface area contributed by atoms with E-state index in [0.29, 0.717) is 37.3 Å². The van der Waals surface area contributed by atoms with Crippen LogP contribution < -0.4 is 10.6 Å². The summed E-state index contributed by atoms with van der Waals surface area (Å²) in [7, 11) is 0. The van der Waals surface area contributed by atoms with E-state index in [9.17, 15) is 18.4 Å². The number of hydrazone groups is 1. The zero-order chi connectivity index (χ0) is 22.1. The van der Waals surface area contributed by atoms with Crippen LogP contribution in [0.3, 0.4) is 0 Å². The van der Waals surface area contributed by atoms with Gasteiger partial charge in [0.05, 0.1) is 6.04 Å². The summed E-state index contributed by atoms with van der Waals surface area (Å²) in [5.41, 5.74) is 5.81. The van der Waals surface area contributed by atoms with Crippen LogP contribution in [0.25, 0.3) is 0 Å². The van der Waals surface area contributed by atoms with Gasteiger partial charge in [-0.05, 0) is 30.0 Å². The maximum Gasteiger partial charge on any atom is 0.267 e. The molecule has 10 heteroatoms. The normalized spacial score (nSPS) is 23.3. The van der Waals surface area contributed by atoms with E-state index < -0.39 is 23.6 Å². The molecule has 2 aliphatic heterocycles. The van der Waals surface area contributed by atoms with Crippen molar-refractivity contribution in [2.75, 3.05) is 18.0 Å². The van der Waals surface area contributed by atoms with E-state index in [1.165, 1.54) is 29.5 Å². The van der Waals surface area contributed by atoms with Gasteiger partial charge in [-0.2, -0.15) is 5.10 Å². The fourth-order valence-corrected chi connectivity index (χ4v) is 4.22. The largest absolute Gasteiger partial charge is 0.364 e. The van der Waals surface area contributed by atoms with E-state index in [2.05, 4.69) is 15.1 Å². The third kappa shape index (κ3) is 4.23. The van der Waals surface area contributed by atoms with Crippen LogP contribution in [0.5, 0.6) is 0 Å². The molecule has 1 saturated heterocycles. The third-order valence-corrected chi connectivity index (χ3v) is 5.78. The lowest BCUT2D eigenvalue weighted by molar-refractivity contribution is -0.139. The molecular weight excluding hydrogens is 406 g/mol. The highest BCUT2D eigenvalue weighted by atomic mass is 19.1. The maximum atomic E-state index is 13.7.